The van der Waals surface area contributed by atoms with Crippen LogP contribution in [-0.2, 0) is 4.79 Å². The van der Waals surface area contributed by atoms with Crippen LogP contribution in [0.15, 0.2) is 44.4 Å². The first kappa shape index (κ1) is 15.2. The number of nitrogens with zero attached hydrogens (tertiary/aromatic N) is 3. The number of carbonyl (C=O) groups is 1. The highest BCUT2D eigenvalue weighted by Crippen LogP contribution is 2.31. The van der Waals surface area contributed by atoms with Crippen molar-refractivity contribution in [3.8, 4) is 0 Å². The smallest absolute Gasteiger partial charge is 0.282 e. The predicted molar refractivity (Wildman–Crippen MR) is 94.0 cm³/mol. The van der Waals surface area contributed by atoms with E-state index in [1.807, 2.05) is 38.1 Å². The van der Waals surface area contributed by atoms with E-state index in [1.54, 1.807) is 6.08 Å². The summed E-state index contributed by atoms with van der Waals surface area (Å²) in [7, 11) is 0. The van der Waals surface area contributed by atoms with E-state index in [0.717, 1.165) is 15.1 Å². The number of halogens is 1. The number of rotatable bonds is 2. The Morgan fingerprint density at radius 3 is 2.77 bits per heavy atom. The van der Waals surface area contributed by atoms with Gasteiger partial charge in [0.15, 0.2) is 5.84 Å². The number of hydrogen-bond acceptors (Lipinski definition) is 4. The molecule has 0 aromatic heterocycles. The number of hydrogen-bond donors (Lipinski definition) is 1. The number of benzene rings is 1. The highest BCUT2D eigenvalue weighted by molar-refractivity contribution is 9.10. The number of thioether (sulfide) groups is 1. The summed E-state index contributed by atoms with van der Waals surface area (Å²) in [6.07, 6.45) is 1.67. The van der Waals surface area contributed by atoms with Gasteiger partial charge in [-0.05, 0) is 29.5 Å². The fraction of sp³-hybridized carbons (Fsp3) is 0.200. The van der Waals surface area contributed by atoms with E-state index in [-0.39, 0.29) is 17.3 Å². The van der Waals surface area contributed by atoms with Gasteiger partial charge < -0.3 is 0 Å². The van der Waals surface area contributed by atoms with Gasteiger partial charge in [0.25, 0.3) is 5.91 Å². The van der Waals surface area contributed by atoms with Gasteiger partial charge in [0.05, 0.1) is 5.57 Å². The monoisotopic (exact) mass is 376 g/mol. The first-order chi connectivity index (χ1) is 10.5. The molecule has 0 saturated heterocycles. The molecule has 1 N–H and O–H groups in total. The zero-order valence-corrected chi connectivity index (χ0v) is 14.4. The molecule has 0 unspecified atom stereocenters. The van der Waals surface area contributed by atoms with Crippen molar-refractivity contribution in [3.05, 3.63) is 39.9 Å². The first-order valence-electron chi connectivity index (χ1n) is 6.72. The average Bonchev–Trinajstić information content (AvgIpc) is 2.89. The van der Waals surface area contributed by atoms with Crippen LogP contribution in [0.4, 0.5) is 0 Å². The minimum Gasteiger partial charge on any atom is -0.282 e. The molecular formula is C15H13BrN4OS. The van der Waals surface area contributed by atoms with Crippen molar-refractivity contribution in [3.63, 3.8) is 0 Å². The molecule has 0 saturated carbocycles. The Labute approximate surface area is 140 Å². The molecule has 2 heterocycles. The van der Waals surface area contributed by atoms with Gasteiger partial charge in [-0.15, -0.1) is 0 Å². The third kappa shape index (κ3) is 2.66. The molecule has 112 valence electrons. The zero-order chi connectivity index (χ0) is 15.9. The largest absolute Gasteiger partial charge is 0.283 e. The molecule has 2 aliphatic rings. The molecule has 5 nitrogen and oxygen atoms in total. The van der Waals surface area contributed by atoms with Crippen molar-refractivity contribution in [1.29, 1.82) is 5.41 Å². The van der Waals surface area contributed by atoms with Crippen LogP contribution in [0.5, 0.6) is 0 Å². The molecule has 2 aliphatic heterocycles. The lowest BCUT2D eigenvalue weighted by Gasteiger charge is -2.20. The molecule has 3 rings (SSSR count). The number of carbonyl (C=O) groups excluding carboxylic acids is 1. The van der Waals surface area contributed by atoms with Crippen LogP contribution in [0.3, 0.4) is 0 Å². The molecule has 0 spiro atoms. The maximum absolute atomic E-state index is 12.2. The summed E-state index contributed by atoms with van der Waals surface area (Å²) in [5.41, 5.74) is 1.07. The van der Waals surface area contributed by atoms with E-state index in [9.17, 15) is 4.79 Å². The molecule has 0 bridgehead atoms. The lowest BCUT2D eigenvalue weighted by molar-refractivity contribution is -0.114. The van der Waals surface area contributed by atoms with Crippen LogP contribution < -0.4 is 0 Å². The van der Waals surface area contributed by atoms with Gasteiger partial charge in [0, 0.05) is 10.4 Å². The van der Waals surface area contributed by atoms with E-state index in [4.69, 9.17) is 5.41 Å². The Kier molecular flexibility index (Phi) is 4.01. The van der Waals surface area contributed by atoms with Gasteiger partial charge in [-0.3, -0.25) is 10.2 Å². The summed E-state index contributed by atoms with van der Waals surface area (Å²) in [5.74, 6) is -0.106. The summed E-state index contributed by atoms with van der Waals surface area (Å²) in [4.78, 5) is 16.3. The second kappa shape index (κ2) is 5.81. The topological polar surface area (TPSA) is 68.9 Å². The molecule has 0 atom stereocenters. The SMILES string of the molecule is CC(C)C1=NN2C(=N)/C(=C/c3ccccc3Br)C(=O)N=C2S1. The van der Waals surface area contributed by atoms with Gasteiger partial charge >= 0.3 is 0 Å². The molecule has 7 heteroatoms. The second-order valence-electron chi connectivity index (χ2n) is 5.13. The third-order valence-corrected chi connectivity index (χ3v) is 5.10. The van der Waals surface area contributed by atoms with Crippen molar-refractivity contribution in [2.24, 2.45) is 16.0 Å². The Hall–Kier alpha value is -1.73. The summed E-state index contributed by atoms with van der Waals surface area (Å²) >= 11 is 4.79. The number of nitrogens with one attached hydrogen (secondary N) is 1. The quantitative estimate of drug-likeness (QED) is 0.799. The number of amidine groups is 2. The van der Waals surface area contributed by atoms with Crippen LogP contribution in [0.25, 0.3) is 6.08 Å². The number of aliphatic imine (C=N–C) groups is 1. The van der Waals surface area contributed by atoms with Crippen molar-refractivity contribution >= 4 is 55.7 Å². The van der Waals surface area contributed by atoms with Crippen LogP contribution >= 0.6 is 27.7 Å². The molecule has 22 heavy (non-hydrogen) atoms. The van der Waals surface area contributed by atoms with E-state index in [2.05, 4.69) is 26.0 Å². The Morgan fingerprint density at radius 2 is 2.09 bits per heavy atom. The van der Waals surface area contributed by atoms with Gasteiger partial charge in [0.2, 0.25) is 5.17 Å². The summed E-state index contributed by atoms with van der Waals surface area (Å²) in [6.45, 7) is 4.04. The summed E-state index contributed by atoms with van der Waals surface area (Å²) in [6, 6.07) is 7.54. The minimum absolute atomic E-state index is 0.0638. The van der Waals surface area contributed by atoms with Gasteiger partial charge in [-0.2, -0.15) is 15.1 Å². The standard InChI is InChI=1S/C15H13BrN4OS/c1-8(2)14-19-20-12(17)10(13(21)18-15(20)22-14)7-9-5-3-4-6-11(9)16/h3-8,17H,1-2H3/b10-7-,17-12?. The zero-order valence-electron chi connectivity index (χ0n) is 12.0. The Bertz CT molecular complexity index is 767. The van der Waals surface area contributed by atoms with E-state index in [1.165, 1.54) is 16.8 Å². The fourth-order valence-corrected chi connectivity index (χ4v) is 3.28. The van der Waals surface area contributed by atoms with Crippen molar-refractivity contribution < 1.29 is 4.79 Å². The van der Waals surface area contributed by atoms with Crippen molar-refractivity contribution in [1.82, 2.24) is 5.01 Å². The maximum Gasteiger partial charge on any atom is 0.283 e. The lowest BCUT2D eigenvalue weighted by Crippen LogP contribution is -2.35. The Balaban J connectivity index is 2.01. The normalized spacial score (nSPS) is 19.6. The predicted octanol–water partition coefficient (Wildman–Crippen LogP) is 3.72. The minimum atomic E-state index is -0.403. The third-order valence-electron chi connectivity index (χ3n) is 3.17. The molecule has 0 radical (unpaired) electrons. The molecule has 1 aromatic carbocycles. The average molecular weight is 377 g/mol. The molecule has 1 aromatic rings. The number of fused-ring (bicyclic) bond motifs is 1. The van der Waals surface area contributed by atoms with Crippen LogP contribution in [0.2, 0.25) is 0 Å². The van der Waals surface area contributed by atoms with Crippen LogP contribution in [0, 0.1) is 11.3 Å². The van der Waals surface area contributed by atoms with Gasteiger partial charge in [-0.1, -0.05) is 48.0 Å². The first-order valence-corrected chi connectivity index (χ1v) is 8.33. The highest BCUT2D eigenvalue weighted by atomic mass is 79.9. The van der Waals surface area contributed by atoms with E-state index in [0.29, 0.717) is 5.17 Å². The lowest BCUT2D eigenvalue weighted by atomic mass is 10.1. The van der Waals surface area contributed by atoms with Crippen molar-refractivity contribution in [2.45, 2.75) is 13.8 Å². The molecule has 1 amide bonds. The molecule has 0 aliphatic carbocycles. The number of amides is 1. The van der Waals surface area contributed by atoms with E-state index < -0.39 is 5.91 Å². The fourth-order valence-electron chi connectivity index (χ4n) is 1.99. The van der Waals surface area contributed by atoms with E-state index >= 15 is 0 Å². The van der Waals surface area contributed by atoms with Crippen LogP contribution in [-0.4, -0.2) is 27.0 Å². The number of hydrazone groups is 1. The molecule has 0 fully saturated rings. The maximum atomic E-state index is 12.2. The second-order valence-corrected chi connectivity index (χ2v) is 6.98. The van der Waals surface area contributed by atoms with Gasteiger partial charge in [-0.25, -0.2) is 0 Å². The highest BCUT2D eigenvalue weighted by Gasteiger charge is 2.36. The Morgan fingerprint density at radius 1 is 1.36 bits per heavy atom. The summed E-state index contributed by atoms with van der Waals surface area (Å²) < 4.78 is 0.861. The van der Waals surface area contributed by atoms with Gasteiger partial charge in [0.1, 0.15) is 5.04 Å². The van der Waals surface area contributed by atoms with Crippen LogP contribution in [0.1, 0.15) is 19.4 Å². The van der Waals surface area contributed by atoms with Crippen molar-refractivity contribution in [2.75, 3.05) is 0 Å². The summed E-state index contributed by atoms with van der Waals surface area (Å²) in [5, 5.41) is 15.4. The molecular weight excluding hydrogens is 364 g/mol.